The highest BCUT2D eigenvalue weighted by atomic mass is 32.1. The minimum absolute atomic E-state index is 0.229. The molecule has 3 nitrogen and oxygen atoms in total. The SMILES string of the molecule is Cc1cc(-c2ccc(C3CCN(C4CCCCC4)CC3)cc2)sc1C(=O)N1CCCC1. The zero-order valence-corrected chi connectivity index (χ0v) is 19.8. The summed E-state index contributed by atoms with van der Waals surface area (Å²) in [5.74, 6) is 0.930. The third-order valence-corrected chi connectivity index (χ3v) is 9.07. The molecular formula is C27H36N2OS. The van der Waals surface area contributed by atoms with Crippen LogP contribution in [0.4, 0.5) is 0 Å². The van der Waals surface area contributed by atoms with Crippen molar-refractivity contribution in [2.24, 2.45) is 0 Å². The van der Waals surface area contributed by atoms with Crippen molar-refractivity contribution < 1.29 is 4.79 Å². The van der Waals surface area contributed by atoms with Crippen molar-refractivity contribution in [3.8, 4) is 10.4 Å². The Morgan fingerprint density at radius 2 is 1.55 bits per heavy atom. The van der Waals surface area contributed by atoms with E-state index in [1.165, 1.54) is 74.0 Å². The molecule has 2 aromatic rings. The molecule has 1 amide bonds. The van der Waals surface area contributed by atoms with Crippen molar-refractivity contribution in [2.75, 3.05) is 26.2 Å². The number of carbonyl (C=O) groups is 1. The molecule has 2 saturated heterocycles. The predicted octanol–water partition coefficient (Wildman–Crippen LogP) is 6.47. The van der Waals surface area contributed by atoms with E-state index in [1.54, 1.807) is 11.3 Å². The molecule has 3 fully saturated rings. The number of thiophene rings is 1. The number of benzene rings is 1. The molecule has 1 aromatic heterocycles. The Morgan fingerprint density at radius 1 is 0.871 bits per heavy atom. The zero-order chi connectivity index (χ0) is 21.2. The quantitative estimate of drug-likeness (QED) is 0.548. The van der Waals surface area contributed by atoms with Crippen molar-refractivity contribution in [1.82, 2.24) is 9.80 Å². The maximum atomic E-state index is 12.8. The van der Waals surface area contributed by atoms with Gasteiger partial charge in [-0.3, -0.25) is 4.79 Å². The number of hydrogen-bond acceptors (Lipinski definition) is 3. The summed E-state index contributed by atoms with van der Waals surface area (Å²) in [4.78, 5) is 19.8. The van der Waals surface area contributed by atoms with Gasteiger partial charge in [0.25, 0.3) is 5.91 Å². The molecule has 0 unspecified atom stereocenters. The van der Waals surface area contributed by atoms with Crippen LogP contribution >= 0.6 is 11.3 Å². The van der Waals surface area contributed by atoms with Gasteiger partial charge in [0, 0.05) is 24.0 Å². The Labute approximate surface area is 191 Å². The summed E-state index contributed by atoms with van der Waals surface area (Å²) in [6.07, 6.45) is 12.0. The molecule has 0 bridgehead atoms. The number of aryl methyl sites for hydroxylation is 1. The van der Waals surface area contributed by atoms with Gasteiger partial charge >= 0.3 is 0 Å². The van der Waals surface area contributed by atoms with Gasteiger partial charge in [0.05, 0.1) is 4.88 Å². The van der Waals surface area contributed by atoms with Crippen molar-refractivity contribution in [3.63, 3.8) is 0 Å². The molecule has 1 aliphatic carbocycles. The standard InChI is InChI=1S/C27H36N2OS/c1-20-19-25(31-26(20)27(30)29-15-5-6-16-29)23-11-9-21(10-12-23)22-13-17-28(18-14-22)24-7-3-2-4-8-24/h9-12,19,22,24H,2-8,13-18H2,1H3. The van der Waals surface area contributed by atoms with Gasteiger partial charge in [-0.1, -0.05) is 43.5 Å². The minimum atomic E-state index is 0.229. The first kappa shape index (κ1) is 21.2. The summed E-state index contributed by atoms with van der Waals surface area (Å²) in [7, 11) is 0. The van der Waals surface area contributed by atoms with Gasteiger partial charge in [-0.15, -0.1) is 11.3 Å². The van der Waals surface area contributed by atoms with Crippen molar-refractivity contribution in [2.45, 2.75) is 76.7 Å². The minimum Gasteiger partial charge on any atom is -0.338 e. The molecule has 5 rings (SSSR count). The molecule has 0 spiro atoms. The second kappa shape index (κ2) is 9.46. The normalized spacial score (nSPS) is 21.6. The first-order chi connectivity index (χ1) is 15.2. The summed E-state index contributed by atoms with van der Waals surface area (Å²) >= 11 is 1.67. The van der Waals surface area contributed by atoms with E-state index in [4.69, 9.17) is 0 Å². The van der Waals surface area contributed by atoms with Crippen LogP contribution in [0.25, 0.3) is 10.4 Å². The van der Waals surface area contributed by atoms with Crippen LogP contribution < -0.4 is 0 Å². The first-order valence-corrected chi connectivity index (χ1v) is 13.2. The van der Waals surface area contributed by atoms with Crippen LogP contribution in [0.15, 0.2) is 30.3 Å². The van der Waals surface area contributed by atoms with Gasteiger partial charge < -0.3 is 9.80 Å². The topological polar surface area (TPSA) is 23.6 Å². The van der Waals surface area contributed by atoms with E-state index in [-0.39, 0.29) is 5.91 Å². The fourth-order valence-electron chi connectivity index (χ4n) is 5.86. The first-order valence-electron chi connectivity index (χ1n) is 12.4. The average molecular weight is 437 g/mol. The molecule has 1 aromatic carbocycles. The summed E-state index contributed by atoms with van der Waals surface area (Å²) in [5.41, 5.74) is 3.86. The Kier molecular flexibility index (Phi) is 6.47. The van der Waals surface area contributed by atoms with Crippen LogP contribution in [0, 0.1) is 6.92 Å². The monoisotopic (exact) mass is 436 g/mol. The number of piperidine rings is 1. The molecule has 166 valence electrons. The second-order valence-corrected chi connectivity index (χ2v) is 10.9. The third kappa shape index (κ3) is 4.61. The molecule has 1 saturated carbocycles. The molecule has 0 atom stereocenters. The van der Waals surface area contributed by atoms with Gasteiger partial charge in [-0.05, 0) is 87.2 Å². The smallest absolute Gasteiger partial charge is 0.264 e. The number of nitrogens with zero attached hydrogens (tertiary/aromatic N) is 2. The van der Waals surface area contributed by atoms with E-state index in [0.29, 0.717) is 5.92 Å². The molecular weight excluding hydrogens is 400 g/mol. The number of amides is 1. The highest BCUT2D eigenvalue weighted by Gasteiger charge is 2.27. The summed E-state index contributed by atoms with van der Waals surface area (Å²) in [5, 5.41) is 0. The predicted molar refractivity (Wildman–Crippen MR) is 130 cm³/mol. The summed E-state index contributed by atoms with van der Waals surface area (Å²) < 4.78 is 0. The van der Waals surface area contributed by atoms with E-state index in [9.17, 15) is 4.79 Å². The molecule has 2 aliphatic heterocycles. The summed E-state index contributed by atoms with van der Waals surface area (Å²) in [6, 6.07) is 12.3. The molecule has 31 heavy (non-hydrogen) atoms. The van der Waals surface area contributed by atoms with E-state index in [2.05, 4.69) is 42.2 Å². The fraction of sp³-hybridized carbons (Fsp3) is 0.593. The van der Waals surface area contributed by atoms with Crippen LogP contribution in [0.3, 0.4) is 0 Å². The maximum absolute atomic E-state index is 12.8. The molecule has 3 heterocycles. The number of hydrogen-bond donors (Lipinski definition) is 0. The fourth-order valence-corrected chi connectivity index (χ4v) is 7.01. The second-order valence-electron chi connectivity index (χ2n) is 9.85. The van der Waals surface area contributed by atoms with Crippen LogP contribution in [0.5, 0.6) is 0 Å². The van der Waals surface area contributed by atoms with Gasteiger partial charge in [0.1, 0.15) is 0 Å². The van der Waals surface area contributed by atoms with Gasteiger partial charge in [0.15, 0.2) is 0 Å². The lowest BCUT2D eigenvalue weighted by molar-refractivity contribution is 0.0797. The summed E-state index contributed by atoms with van der Waals surface area (Å²) in [6.45, 7) is 6.45. The van der Waals surface area contributed by atoms with E-state index < -0.39 is 0 Å². The van der Waals surface area contributed by atoms with Crippen LogP contribution in [-0.2, 0) is 0 Å². The van der Waals surface area contributed by atoms with E-state index in [1.807, 2.05) is 4.90 Å². The third-order valence-electron chi connectivity index (χ3n) is 7.79. The van der Waals surface area contributed by atoms with Gasteiger partial charge in [-0.25, -0.2) is 0 Å². The van der Waals surface area contributed by atoms with Crippen LogP contribution in [0.2, 0.25) is 0 Å². The van der Waals surface area contributed by atoms with Crippen molar-refractivity contribution >= 4 is 17.2 Å². The average Bonchev–Trinajstić information content (AvgIpc) is 3.50. The van der Waals surface area contributed by atoms with Gasteiger partial charge in [-0.2, -0.15) is 0 Å². The Hall–Kier alpha value is -1.65. The van der Waals surface area contributed by atoms with E-state index in [0.717, 1.165) is 42.4 Å². The molecule has 4 heteroatoms. The van der Waals surface area contributed by atoms with Crippen molar-refractivity contribution in [1.29, 1.82) is 0 Å². The number of rotatable bonds is 4. The molecule has 0 radical (unpaired) electrons. The highest BCUT2D eigenvalue weighted by Crippen LogP contribution is 2.36. The largest absolute Gasteiger partial charge is 0.338 e. The van der Waals surface area contributed by atoms with Crippen LogP contribution in [0.1, 0.15) is 84.5 Å². The zero-order valence-electron chi connectivity index (χ0n) is 18.9. The number of carbonyl (C=O) groups excluding carboxylic acids is 1. The lowest BCUT2D eigenvalue weighted by Gasteiger charge is -2.39. The maximum Gasteiger partial charge on any atom is 0.264 e. The Bertz CT molecular complexity index is 882. The van der Waals surface area contributed by atoms with Crippen molar-refractivity contribution in [3.05, 3.63) is 46.3 Å². The Morgan fingerprint density at radius 3 is 2.23 bits per heavy atom. The van der Waals surface area contributed by atoms with Crippen LogP contribution in [-0.4, -0.2) is 47.9 Å². The number of likely N-dealkylation sites (tertiary alicyclic amines) is 2. The highest BCUT2D eigenvalue weighted by molar-refractivity contribution is 7.17. The van der Waals surface area contributed by atoms with E-state index >= 15 is 0 Å². The molecule has 3 aliphatic rings. The lowest BCUT2D eigenvalue weighted by atomic mass is 9.86. The van der Waals surface area contributed by atoms with Gasteiger partial charge in [0.2, 0.25) is 0 Å². The molecule has 0 N–H and O–H groups in total. The Balaban J connectivity index is 1.22. The lowest BCUT2D eigenvalue weighted by Crippen LogP contribution is -2.41.